The van der Waals surface area contributed by atoms with Crippen LogP contribution < -0.4 is 11.1 Å². The summed E-state index contributed by atoms with van der Waals surface area (Å²) in [5, 5.41) is 21.6. The molecular formula is C15H15N5O6S3. The van der Waals surface area contributed by atoms with Gasteiger partial charge in [0.1, 0.15) is 0 Å². The van der Waals surface area contributed by atoms with E-state index in [-0.39, 0.29) is 45.4 Å². The molecule has 14 heteroatoms. The van der Waals surface area contributed by atoms with Crippen LogP contribution in [-0.4, -0.2) is 51.0 Å². The summed E-state index contributed by atoms with van der Waals surface area (Å²) in [6.07, 6.45) is 0. The van der Waals surface area contributed by atoms with Gasteiger partial charge in [0.05, 0.1) is 27.9 Å². The average Bonchev–Trinajstić information content (AvgIpc) is 3.12. The van der Waals surface area contributed by atoms with Crippen molar-refractivity contribution >= 4 is 63.5 Å². The van der Waals surface area contributed by atoms with Crippen molar-refractivity contribution in [2.24, 2.45) is 5.73 Å². The van der Waals surface area contributed by atoms with Gasteiger partial charge < -0.3 is 10.5 Å². The van der Waals surface area contributed by atoms with Gasteiger partial charge in [-0.05, 0) is 19.1 Å². The molecule has 0 aliphatic carbocycles. The number of nitro benzene ring substituents is 1. The minimum Gasteiger partial charge on any atom is -0.465 e. The molecule has 0 saturated carbocycles. The number of nitrogens with one attached hydrogen (secondary N) is 1. The number of hydrogen-bond acceptors (Lipinski definition) is 11. The van der Waals surface area contributed by atoms with Crippen LogP contribution in [0, 0.1) is 10.1 Å². The van der Waals surface area contributed by atoms with Crippen LogP contribution in [0.15, 0.2) is 27.4 Å². The smallest absolute Gasteiger partial charge is 0.316 e. The van der Waals surface area contributed by atoms with E-state index in [4.69, 9.17) is 10.5 Å². The third-order valence-electron chi connectivity index (χ3n) is 3.07. The van der Waals surface area contributed by atoms with Crippen LogP contribution in [0.4, 0.5) is 10.8 Å². The van der Waals surface area contributed by atoms with Gasteiger partial charge in [0.2, 0.25) is 16.9 Å². The van der Waals surface area contributed by atoms with Gasteiger partial charge in [-0.1, -0.05) is 23.1 Å². The highest BCUT2D eigenvalue weighted by Gasteiger charge is 2.18. The number of hydrogen-bond donors (Lipinski definition) is 2. The molecule has 0 unspecified atom stereocenters. The molecule has 0 spiro atoms. The van der Waals surface area contributed by atoms with Crippen molar-refractivity contribution in [3.05, 3.63) is 33.9 Å². The Morgan fingerprint density at radius 3 is 2.69 bits per heavy atom. The summed E-state index contributed by atoms with van der Waals surface area (Å²) >= 11 is 3.16. The van der Waals surface area contributed by atoms with Gasteiger partial charge in [-0.15, -0.1) is 22.0 Å². The van der Waals surface area contributed by atoms with E-state index in [1.54, 1.807) is 6.92 Å². The van der Waals surface area contributed by atoms with Crippen LogP contribution in [0.2, 0.25) is 0 Å². The first-order valence-corrected chi connectivity index (χ1v) is 10.7. The predicted octanol–water partition coefficient (Wildman–Crippen LogP) is 1.93. The lowest BCUT2D eigenvalue weighted by atomic mass is 10.2. The normalized spacial score (nSPS) is 10.4. The van der Waals surface area contributed by atoms with E-state index in [2.05, 4.69) is 15.5 Å². The molecule has 0 aliphatic rings. The number of thioether (sulfide) groups is 2. The Hall–Kier alpha value is -2.71. The second-order valence-corrected chi connectivity index (χ2v) is 8.32. The van der Waals surface area contributed by atoms with Gasteiger partial charge in [-0.2, -0.15) is 0 Å². The summed E-state index contributed by atoms with van der Waals surface area (Å²) in [6.45, 7) is 2.00. The van der Waals surface area contributed by atoms with Crippen molar-refractivity contribution in [1.82, 2.24) is 10.2 Å². The molecule has 11 nitrogen and oxygen atoms in total. The highest BCUT2D eigenvalue weighted by Crippen LogP contribution is 2.30. The molecule has 154 valence electrons. The second kappa shape index (κ2) is 10.7. The first-order valence-electron chi connectivity index (χ1n) is 7.93. The highest BCUT2D eigenvalue weighted by atomic mass is 32.2. The van der Waals surface area contributed by atoms with E-state index in [0.717, 1.165) is 40.9 Å². The molecule has 0 atom stereocenters. The van der Waals surface area contributed by atoms with E-state index >= 15 is 0 Å². The van der Waals surface area contributed by atoms with Gasteiger partial charge >= 0.3 is 5.97 Å². The number of amides is 2. The number of nitrogens with zero attached hydrogens (tertiary/aromatic N) is 3. The van der Waals surface area contributed by atoms with Crippen LogP contribution in [0.25, 0.3) is 0 Å². The molecule has 0 saturated heterocycles. The average molecular weight is 458 g/mol. The number of esters is 1. The summed E-state index contributed by atoms with van der Waals surface area (Å²) < 4.78 is 5.29. The van der Waals surface area contributed by atoms with Crippen molar-refractivity contribution in [2.75, 3.05) is 23.4 Å². The zero-order valence-electron chi connectivity index (χ0n) is 14.9. The standard InChI is InChI=1S/C15H15N5O6S3/c1-2-26-12(22)7-28-15-19-18-14(29-15)17-11(21)6-27-10-4-3-8(13(16)23)5-9(10)20(24)25/h3-5H,2,6-7H2,1H3,(H2,16,23)(H,17,18,21). The first kappa shape index (κ1) is 22.6. The lowest BCUT2D eigenvalue weighted by Crippen LogP contribution is -2.14. The second-order valence-electron chi connectivity index (χ2n) is 5.11. The van der Waals surface area contributed by atoms with E-state index in [9.17, 15) is 24.5 Å². The lowest BCUT2D eigenvalue weighted by molar-refractivity contribution is -0.387. The number of nitrogens with two attached hydrogens (primary N) is 1. The third-order valence-corrected chi connectivity index (χ3v) is 6.08. The molecule has 1 aromatic carbocycles. The van der Waals surface area contributed by atoms with E-state index in [1.807, 2.05) is 0 Å². The number of carbonyl (C=O) groups is 3. The SMILES string of the molecule is CCOC(=O)CSc1nnc(NC(=O)CSc2ccc(C(N)=O)cc2[N+](=O)[O-])s1. The Morgan fingerprint density at radius 2 is 2.03 bits per heavy atom. The maximum atomic E-state index is 12.1. The van der Waals surface area contributed by atoms with Crippen LogP contribution in [-0.2, 0) is 14.3 Å². The quantitative estimate of drug-likeness (QED) is 0.177. The Kier molecular flexibility index (Phi) is 8.35. The molecule has 2 rings (SSSR count). The molecule has 2 aromatic rings. The maximum Gasteiger partial charge on any atom is 0.316 e. The maximum absolute atomic E-state index is 12.1. The van der Waals surface area contributed by atoms with Crippen molar-refractivity contribution in [3.8, 4) is 0 Å². The summed E-state index contributed by atoms with van der Waals surface area (Å²) in [4.78, 5) is 45.3. The number of anilines is 1. The molecule has 1 aromatic heterocycles. The van der Waals surface area contributed by atoms with Crippen molar-refractivity contribution in [3.63, 3.8) is 0 Å². The number of primary amides is 1. The Balaban J connectivity index is 1.91. The number of carbonyl (C=O) groups excluding carboxylic acids is 3. The largest absolute Gasteiger partial charge is 0.465 e. The van der Waals surface area contributed by atoms with Crippen molar-refractivity contribution in [2.45, 2.75) is 16.2 Å². The number of ether oxygens (including phenoxy) is 1. The van der Waals surface area contributed by atoms with Gasteiger partial charge in [0.15, 0.2) is 4.34 Å². The monoisotopic (exact) mass is 457 g/mol. The fourth-order valence-electron chi connectivity index (χ4n) is 1.88. The third kappa shape index (κ3) is 6.99. The zero-order valence-corrected chi connectivity index (χ0v) is 17.4. The van der Waals surface area contributed by atoms with E-state index < -0.39 is 16.7 Å². The Labute approximate surface area is 176 Å². The van der Waals surface area contributed by atoms with Crippen LogP contribution in [0.1, 0.15) is 17.3 Å². The van der Waals surface area contributed by atoms with Gasteiger partial charge in [-0.3, -0.25) is 29.8 Å². The molecule has 0 aliphatic heterocycles. The number of nitro groups is 1. The van der Waals surface area contributed by atoms with Gasteiger partial charge in [0, 0.05) is 11.6 Å². The lowest BCUT2D eigenvalue weighted by Gasteiger charge is -2.04. The predicted molar refractivity (Wildman–Crippen MR) is 108 cm³/mol. The summed E-state index contributed by atoms with van der Waals surface area (Å²) in [7, 11) is 0. The minimum absolute atomic E-state index is 0.00668. The van der Waals surface area contributed by atoms with Gasteiger partial charge in [-0.25, -0.2) is 0 Å². The summed E-state index contributed by atoms with van der Waals surface area (Å²) in [5.74, 6) is -1.64. The zero-order chi connectivity index (χ0) is 21.4. The Morgan fingerprint density at radius 1 is 1.28 bits per heavy atom. The number of aromatic nitrogens is 2. The summed E-state index contributed by atoms with van der Waals surface area (Å²) in [5.41, 5.74) is 4.82. The minimum atomic E-state index is -0.782. The van der Waals surface area contributed by atoms with E-state index in [0.29, 0.717) is 4.34 Å². The van der Waals surface area contributed by atoms with Crippen LogP contribution >= 0.6 is 34.9 Å². The number of benzene rings is 1. The first-order chi connectivity index (χ1) is 13.8. The van der Waals surface area contributed by atoms with Crippen molar-refractivity contribution < 1.29 is 24.0 Å². The molecule has 0 radical (unpaired) electrons. The fourth-order valence-corrected chi connectivity index (χ4v) is 4.25. The Bertz CT molecular complexity index is 935. The van der Waals surface area contributed by atoms with Crippen LogP contribution in [0.3, 0.4) is 0 Å². The molecule has 3 N–H and O–H groups in total. The molecule has 0 fully saturated rings. The van der Waals surface area contributed by atoms with E-state index in [1.165, 1.54) is 12.1 Å². The molecule has 1 heterocycles. The summed E-state index contributed by atoms with van der Waals surface area (Å²) in [6, 6.07) is 3.79. The molecule has 0 bridgehead atoms. The molecule has 29 heavy (non-hydrogen) atoms. The fraction of sp³-hybridized carbons (Fsp3) is 0.267. The van der Waals surface area contributed by atoms with Crippen LogP contribution in [0.5, 0.6) is 0 Å². The molecule has 2 amide bonds. The highest BCUT2D eigenvalue weighted by molar-refractivity contribution is 8.01. The van der Waals surface area contributed by atoms with Crippen molar-refractivity contribution in [1.29, 1.82) is 0 Å². The topological polar surface area (TPSA) is 167 Å². The number of rotatable bonds is 10. The molecular weight excluding hydrogens is 442 g/mol. The van der Waals surface area contributed by atoms with Gasteiger partial charge in [0.25, 0.3) is 5.69 Å².